The molecule has 0 spiro atoms. The molecule has 2 N–H and O–H groups in total. The van der Waals surface area contributed by atoms with Gasteiger partial charge in [-0.2, -0.15) is 0 Å². The number of carbonyl (C=O) groups excluding carboxylic acids is 1. The molecule has 1 aliphatic carbocycles. The number of hydrogen-bond donors (Lipinski definition) is 2. The van der Waals surface area contributed by atoms with Crippen LogP contribution in [0.5, 0.6) is 0 Å². The molecule has 1 saturated carbocycles. The van der Waals surface area contributed by atoms with Gasteiger partial charge in [-0.1, -0.05) is 30.3 Å². The maximum absolute atomic E-state index is 12.4. The van der Waals surface area contributed by atoms with Gasteiger partial charge < -0.3 is 15.2 Å². The van der Waals surface area contributed by atoms with Gasteiger partial charge >= 0.3 is 0 Å². The van der Waals surface area contributed by atoms with E-state index in [0.717, 1.165) is 36.1 Å². The van der Waals surface area contributed by atoms with Gasteiger partial charge in [-0.3, -0.25) is 4.79 Å². The largest absolute Gasteiger partial charge is 0.392 e. The summed E-state index contributed by atoms with van der Waals surface area (Å²) in [4.78, 5) is 12.4. The SMILES string of the molecule is CCOCC1(CNC(=O)c2ccc(-c3cccc(CO)c3)cc2)CC1. The van der Waals surface area contributed by atoms with Gasteiger partial charge in [-0.15, -0.1) is 0 Å². The predicted molar refractivity (Wildman–Crippen MR) is 98.3 cm³/mol. The van der Waals surface area contributed by atoms with E-state index in [1.165, 1.54) is 0 Å². The van der Waals surface area contributed by atoms with Crippen molar-refractivity contribution in [3.63, 3.8) is 0 Å². The highest BCUT2D eigenvalue weighted by atomic mass is 16.5. The molecule has 0 radical (unpaired) electrons. The molecule has 25 heavy (non-hydrogen) atoms. The Morgan fingerprint density at radius 3 is 2.56 bits per heavy atom. The lowest BCUT2D eigenvalue weighted by molar-refractivity contribution is 0.0864. The Morgan fingerprint density at radius 1 is 1.16 bits per heavy atom. The second-order valence-corrected chi connectivity index (χ2v) is 6.76. The Morgan fingerprint density at radius 2 is 1.92 bits per heavy atom. The molecular weight excluding hydrogens is 314 g/mol. The quantitative estimate of drug-likeness (QED) is 0.775. The molecule has 0 aromatic heterocycles. The van der Waals surface area contributed by atoms with Crippen molar-refractivity contribution in [2.75, 3.05) is 19.8 Å². The third-order valence-corrected chi connectivity index (χ3v) is 4.78. The standard InChI is InChI=1S/C21H25NO3/c1-2-25-15-21(10-11-21)14-22-20(24)18-8-6-17(7-9-18)19-5-3-4-16(12-19)13-23/h3-9,12,23H,2,10-11,13-15H2,1H3,(H,22,24). The van der Waals surface area contributed by atoms with Crippen molar-refractivity contribution in [2.45, 2.75) is 26.4 Å². The maximum atomic E-state index is 12.4. The van der Waals surface area contributed by atoms with Crippen molar-refractivity contribution < 1.29 is 14.6 Å². The lowest BCUT2D eigenvalue weighted by atomic mass is 10.0. The van der Waals surface area contributed by atoms with Crippen molar-refractivity contribution in [2.24, 2.45) is 5.41 Å². The molecule has 1 amide bonds. The molecule has 4 heteroatoms. The maximum Gasteiger partial charge on any atom is 0.251 e. The number of ether oxygens (including phenoxy) is 1. The molecule has 2 aromatic rings. The van der Waals surface area contributed by atoms with Gasteiger partial charge in [-0.05, 0) is 54.7 Å². The van der Waals surface area contributed by atoms with Crippen LogP contribution < -0.4 is 5.32 Å². The Kier molecular flexibility index (Phi) is 5.51. The van der Waals surface area contributed by atoms with E-state index >= 15 is 0 Å². The smallest absolute Gasteiger partial charge is 0.251 e. The molecule has 0 heterocycles. The van der Waals surface area contributed by atoms with E-state index in [0.29, 0.717) is 18.7 Å². The van der Waals surface area contributed by atoms with Crippen molar-refractivity contribution in [1.82, 2.24) is 5.32 Å². The van der Waals surface area contributed by atoms with E-state index in [4.69, 9.17) is 4.74 Å². The average Bonchev–Trinajstić information content (AvgIpc) is 3.45. The second kappa shape index (κ2) is 7.81. The monoisotopic (exact) mass is 339 g/mol. The summed E-state index contributed by atoms with van der Waals surface area (Å²) in [6.07, 6.45) is 2.24. The summed E-state index contributed by atoms with van der Waals surface area (Å²) in [6, 6.07) is 15.3. The number of amides is 1. The van der Waals surface area contributed by atoms with Gasteiger partial charge in [0.2, 0.25) is 0 Å². The van der Waals surface area contributed by atoms with E-state index in [9.17, 15) is 9.90 Å². The minimum atomic E-state index is -0.0431. The van der Waals surface area contributed by atoms with Crippen LogP contribution in [0, 0.1) is 5.41 Å². The minimum Gasteiger partial charge on any atom is -0.392 e. The van der Waals surface area contributed by atoms with Crippen LogP contribution >= 0.6 is 0 Å². The van der Waals surface area contributed by atoms with Crippen molar-refractivity contribution in [3.8, 4) is 11.1 Å². The molecule has 132 valence electrons. The van der Waals surface area contributed by atoms with E-state index in [1.54, 1.807) is 0 Å². The average molecular weight is 339 g/mol. The fourth-order valence-electron chi connectivity index (χ4n) is 2.90. The highest BCUT2D eigenvalue weighted by Crippen LogP contribution is 2.45. The van der Waals surface area contributed by atoms with Gasteiger partial charge in [0.05, 0.1) is 13.2 Å². The first-order chi connectivity index (χ1) is 12.2. The van der Waals surface area contributed by atoms with Crippen molar-refractivity contribution >= 4 is 5.91 Å². The van der Waals surface area contributed by atoms with Crippen LogP contribution in [-0.2, 0) is 11.3 Å². The third kappa shape index (κ3) is 4.47. The van der Waals surface area contributed by atoms with Crippen LogP contribution in [0.2, 0.25) is 0 Å². The van der Waals surface area contributed by atoms with E-state index in [1.807, 2.05) is 55.5 Å². The third-order valence-electron chi connectivity index (χ3n) is 4.78. The van der Waals surface area contributed by atoms with Crippen LogP contribution in [-0.4, -0.2) is 30.8 Å². The summed E-state index contributed by atoms with van der Waals surface area (Å²) in [7, 11) is 0. The molecule has 0 saturated heterocycles. The number of aliphatic hydroxyl groups is 1. The molecule has 1 fully saturated rings. The Bertz CT molecular complexity index is 720. The number of nitrogens with one attached hydrogen (secondary N) is 1. The Balaban J connectivity index is 1.61. The number of aliphatic hydroxyl groups excluding tert-OH is 1. The molecule has 2 aromatic carbocycles. The highest BCUT2D eigenvalue weighted by Gasteiger charge is 2.42. The Labute approximate surface area is 148 Å². The normalized spacial score (nSPS) is 15.0. The number of rotatable bonds is 8. The van der Waals surface area contributed by atoms with Crippen LogP contribution in [0.4, 0.5) is 0 Å². The Hall–Kier alpha value is -2.17. The lowest BCUT2D eigenvalue weighted by Crippen LogP contribution is -2.32. The zero-order valence-electron chi connectivity index (χ0n) is 14.6. The fraction of sp³-hybridized carbons (Fsp3) is 0.381. The molecule has 0 bridgehead atoms. The number of hydrogen-bond acceptors (Lipinski definition) is 3. The number of carbonyl (C=O) groups is 1. The summed E-state index contributed by atoms with van der Waals surface area (Å²) in [5, 5.41) is 12.3. The number of benzene rings is 2. The first-order valence-corrected chi connectivity index (χ1v) is 8.82. The summed E-state index contributed by atoms with van der Waals surface area (Å²) < 4.78 is 5.51. The first kappa shape index (κ1) is 17.6. The zero-order chi connectivity index (χ0) is 17.7. The molecular formula is C21H25NO3. The summed E-state index contributed by atoms with van der Waals surface area (Å²) >= 11 is 0. The fourth-order valence-corrected chi connectivity index (χ4v) is 2.90. The topological polar surface area (TPSA) is 58.6 Å². The molecule has 4 nitrogen and oxygen atoms in total. The van der Waals surface area contributed by atoms with Crippen LogP contribution in [0.15, 0.2) is 48.5 Å². The first-order valence-electron chi connectivity index (χ1n) is 8.82. The molecule has 3 rings (SSSR count). The molecule has 0 atom stereocenters. The summed E-state index contributed by atoms with van der Waals surface area (Å²) in [6.45, 7) is 4.13. The van der Waals surface area contributed by atoms with Gasteiger partial charge in [-0.25, -0.2) is 0 Å². The van der Waals surface area contributed by atoms with Gasteiger partial charge in [0.1, 0.15) is 0 Å². The van der Waals surface area contributed by atoms with Gasteiger partial charge in [0.25, 0.3) is 5.91 Å². The lowest BCUT2D eigenvalue weighted by Gasteiger charge is -2.15. The minimum absolute atomic E-state index is 0.0256. The van der Waals surface area contributed by atoms with Crippen molar-refractivity contribution in [3.05, 3.63) is 59.7 Å². The van der Waals surface area contributed by atoms with Crippen molar-refractivity contribution in [1.29, 1.82) is 0 Å². The highest BCUT2D eigenvalue weighted by molar-refractivity contribution is 5.94. The zero-order valence-corrected chi connectivity index (χ0v) is 14.6. The van der Waals surface area contributed by atoms with Gasteiger partial charge in [0.15, 0.2) is 0 Å². The van der Waals surface area contributed by atoms with Crippen LogP contribution in [0.3, 0.4) is 0 Å². The summed E-state index contributed by atoms with van der Waals surface area (Å²) in [5.41, 5.74) is 3.75. The van der Waals surface area contributed by atoms with E-state index in [2.05, 4.69) is 5.32 Å². The van der Waals surface area contributed by atoms with E-state index in [-0.39, 0.29) is 17.9 Å². The van der Waals surface area contributed by atoms with Crippen LogP contribution in [0.1, 0.15) is 35.7 Å². The van der Waals surface area contributed by atoms with Crippen LogP contribution in [0.25, 0.3) is 11.1 Å². The molecule has 1 aliphatic rings. The predicted octanol–water partition coefficient (Wildman–Crippen LogP) is 3.39. The van der Waals surface area contributed by atoms with Gasteiger partial charge in [0, 0.05) is 24.1 Å². The summed E-state index contributed by atoms with van der Waals surface area (Å²) in [5.74, 6) is -0.0431. The molecule has 0 unspecified atom stereocenters. The van der Waals surface area contributed by atoms with E-state index < -0.39 is 0 Å². The second-order valence-electron chi connectivity index (χ2n) is 6.76. The molecule has 0 aliphatic heterocycles.